The highest BCUT2D eigenvalue weighted by Crippen LogP contribution is 2.49. The zero-order valence-electron chi connectivity index (χ0n) is 22.3. The molecule has 0 amide bonds. The maximum absolute atomic E-state index is 15.1. The Labute approximate surface area is 244 Å². The Balaban J connectivity index is 1.07. The van der Waals surface area contributed by atoms with Gasteiger partial charge in [0.2, 0.25) is 0 Å². The number of pyridine rings is 1. The van der Waals surface area contributed by atoms with E-state index >= 15 is 4.39 Å². The van der Waals surface area contributed by atoms with Crippen LogP contribution in [0.1, 0.15) is 58.9 Å². The average molecular weight is 599 g/mol. The summed E-state index contributed by atoms with van der Waals surface area (Å²) < 4.78 is 35.2. The molecule has 0 aliphatic carbocycles. The third-order valence-corrected chi connectivity index (χ3v) is 9.45. The second-order valence-electron chi connectivity index (χ2n) is 10.9. The van der Waals surface area contributed by atoms with E-state index in [0.717, 1.165) is 60.8 Å². The summed E-state index contributed by atoms with van der Waals surface area (Å²) >= 11 is 6.91. The average Bonchev–Trinajstić information content (AvgIpc) is 3.57. The first-order valence-corrected chi connectivity index (χ1v) is 14.9. The smallest absolute Gasteiger partial charge is 0.349 e. The number of hydrogen-bond donors (Lipinski definition) is 1. The van der Waals surface area contributed by atoms with Gasteiger partial charge in [0.15, 0.2) is 22.2 Å². The van der Waals surface area contributed by atoms with Crippen molar-refractivity contribution < 1.29 is 28.5 Å². The van der Waals surface area contributed by atoms with E-state index in [4.69, 9.17) is 25.8 Å². The number of nitrogens with zero attached hydrogens (tertiary/aromatic N) is 4. The summed E-state index contributed by atoms with van der Waals surface area (Å²) in [5.41, 5.74) is 2.03. The molecule has 0 radical (unpaired) electrons. The maximum atomic E-state index is 15.1. The topological polar surface area (TPSA) is 98.9 Å². The van der Waals surface area contributed by atoms with Gasteiger partial charge in [-0.15, -0.1) is 11.3 Å². The number of carboxylic acids is 1. The molecular weight excluding hydrogens is 571 g/mol. The SMILES string of the molecule is C[C@@]1(c2ccc(Cl)cn2)Oc2cccc(C3CCN(Cc4nc5sc(C(=O)O)c(F)c5n4C[C@@H]4CCO4)CC3)c2O1. The highest BCUT2D eigenvalue weighted by atomic mass is 35.5. The van der Waals surface area contributed by atoms with Crippen molar-refractivity contribution in [1.29, 1.82) is 0 Å². The number of fused-ring (bicyclic) bond motifs is 2. The van der Waals surface area contributed by atoms with Crippen molar-refractivity contribution in [1.82, 2.24) is 19.4 Å². The Hall–Kier alpha value is -3.25. The van der Waals surface area contributed by atoms with Crippen molar-refractivity contribution in [2.24, 2.45) is 0 Å². The van der Waals surface area contributed by atoms with Crippen LogP contribution in [0.25, 0.3) is 10.3 Å². The second kappa shape index (κ2) is 10.2. The Kier molecular flexibility index (Phi) is 6.65. The van der Waals surface area contributed by atoms with Crippen molar-refractivity contribution in [2.75, 3.05) is 19.7 Å². The second-order valence-corrected chi connectivity index (χ2v) is 12.3. The number of carbonyl (C=O) groups is 1. The largest absolute Gasteiger partial charge is 0.477 e. The van der Waals surface area contributed by atoms with E-state index in [0.29, 0.717) is 41.0 Å². The lowest BCUT2D eigenvalue weighted by Gasteiger charge is -2.33. The van der Waals surface area contributed by atoms with Gasteiger partial charge in [-0.1, -0.05) is 23.7 Å². The number of para-hydroxylation sites is 1. The molecule has 9 nitrogen and oxygen atoms in total. The van der Waals surface area contributed by atoms with Gasteiger partial charge >= 0.3 is 5.97 Å². The molecule has 1 N–H and O–H groups in total. The van der Waals surface area contributed by atoms with Crippen LogP contribution in [0, 0.1) is 5.82 Å². The fourth-order valence-corrected chi connectivity index (χ4v) is 6.94. The molecule has 4 aromatic rings. The summed E-state index contributed by atoms with van der Waals surface area (Å²) in [6.07, 6.45) is 4.28. The molecule has 3 aliphatic rings. The minimum absolute atomic E-state index is 0.0133. The van der Waals surface area contributed by atoms with Gasteiger partial charge in [-0.05, 0) is 56.5 Å². The first kappa shape index (κ1) is 26.6. The molecule has 0 unspecified atom stereocenters. The molecule has 1 aromatic carbocycles. The van der Waals surface area contributed by atoms with Crippen molar-refractivity contribution >= 4 is 39.3 Å². The van der Waals surface area contributed by atoms with E-state index in [2.05, 4.69) is 20.9 Å². The van der Waals surface area contributed by atoms with Gasteiger partial charge in [0.1, 0.15) is 21.9 Å². The van der Waals surface area contributed by atoms with Crippen LogP contribution >= 0.6 is 22.9 Å². The minimum atomic E-state index is -1.27. The van der Waals surface area contributed by atoms with Crippen LogP contribution < -0.4 is 9.47 Å². The molecular formula is C29H28ClFN4O5S. The van der Waals surface area contributed by atoms with Gasteiger partial charge < -0.3 is 23.9 Å². The van der Waals surface area contributed by atoms with E-state index in [1.165, 1.54) is 0 Å². The van der Waals surface area contributed by atoms with Crippen molar-refractivity contribution in [3.63, 3.8) is 0 Å². The lowest BCUT2D eigenvalue weighted by atomic mass is 9.88. The summed E-state index contributed by atoms with van der Waals surface area (Å²) in [6, 6.07) is 9.60. The van der Waals surface area contributed by atoms with Gasteiger partial charge in [-0.25, -0.2) is 14.2 Å². The first-order chi connectivity index (χ1) is 19.8. The number of carboxylic acid groups (broad SMARTS) is 1. The predicted molar refractivity (Wildman–Crippen MR) is 150 cm³/mol. The summed E-state index contributed by atoms with van der Waals surface area (Å²) in [7, 11) is 0. The molecule has 3 aromatic heterocycles. The Morgan fingerprint density at radius 1 is 1.22 bits per heavy atom. The number of ether oxygens (including phenoxy) is 3. The van der Waals surface area contributed by atoms with Crippen molar-refractivity contribution in [3.05, 3.63) is 69.3 Å². The molecule has 0 bridgehead atoms. The number of aromatic nitrogens is 3. The molecule has 41 heavy (non-hydrogen) atoms. The molecule has 2 saturated heterocycles. The lowest BCUT2D eigenvalue weighted by molar-refractivity contribution is -0.0722. The molecule has 2 fully saturated rings. The van der Waals surface area contributed by atoms with Gasteiger partial charge in [0, 0.05) is 25.3 Å². The summed E-state index contributed by atoms with van der Waals surface area (Å²) in [4.78, 5) is 23.0. The van der Waals surface area contributed by atoms with Gasteiger partial charge in [0.05, 0.1) is 24.2 Å². The first-order valence-electron chi connectivity index (χ1n) is 13.7. The van der Waals surface area contributed by atoms with Gasteiger partial charge in [-0.2, -0.15) is 0 Å². The third kappa shape index (κ3) is 4.74. The number of piperidine rings is 1. The minimum Gasteiger partial charge on any atom is -0.477 e. The number of aromatic carboxylic acids is 1. The monoisotopic (exact) mass is 598 g/mol. The number of benzene rings is 1. The van der Waals surface area contributed by atoms with Crippen LogP contribution in [0.15, 0.2) is 36.5 Å². The van der Waals surface area contributed by atoms with Crippen LogP contribution in [0.2, 0.25) is 5.02 Å². The number of halogens is 2. The van der Waals surface area contributed by atoms with E-state index < -0.39 is 17.6 Å². The summed E-state index contributed by atoms with van der Waals surface area (Å²) in [5.74, 6) is -0.541. The molecule has 214 valence electrons. The van der Waals surface area contributed by atoms with Crippen LogP contribution in [0.4, 0.5) is 4.39 Å². The molecule has 0 spiro atoms. The Morgan fingerprint density at radius 2 is 2.02 bits per heavy atom. The van der Waals surface area contributed by atoms with Crippen molar-refractivity contribution in [2.45, 2.75) is 57.1 Å². The normalized spacial score (nSPS) is 22.8. The summed E-state index contributed by atoms with van der Waals surface area (Å²) in [6.45, 7) is 5.22. The molecule has 7 rings (SSSR count). The predicted octanol–water partition coefficient (Wildman–Crippen LogP) is 5.80. The standard InChI is InChI=1S/C29H28ClFN4O5S/c1-29(21-6-5-17(30)13-32-21)39-20-4-2-3-19(25(20)40-29)16-7-10-34(11-8-16)15-22-33-27-24(23(31)26(41-27)28(36)37)35(22)14-18-9-12-38-18/h2-6,13,16,18H,7-12,14-15H2,1H3,(H,36,37)/t18-,29+/m0/s1. The number of rotatable bonds is 7. The highest BCUT2D eigenvalue weighted by Gasteiger charge is 2.42. The molecule has 12 heteroatoms. The number of likely N-dealkylation sites (tertiary alicyclic amines) is 1. The zero-order chi connectivity index (χ0) is 28.3. The fraction of sp³-hybridized carbons (Fsp3) is 0.414. The fourth-order valence-electron chi connectivity index (χ4n) is 5.92. The van der Waals surface area contributed by atoms with Crippen LogP contribution in [0.5, 0.6) is 11.5 Å². The van der Waals surface area contributed by atoms with E-state index in [9.17, 15) is 9.90 Å². The number of thiophene rings is 1. The number of imidazole rings is 1. The maximum Gasteiger partial charge on any atom is 0.349 e. The Bertz CT molecular complexity index is 1630. The van der Waals surface area contributed by atoms with Crippen LogP contribution in [-0.4, -0.2) is 56.3 Å². The van der Waals surface area contributed by atoms with Gasteiger partial charge in [0.25, 0.3) is 5.79 Å². The number of hydrogen-bond acceptors (Lipinski definition) is 8. The van der Waals surface area contributed by atoms with Crippen LogP contribution in [0.3, 0.4) is 0 Å². The molecule has 3 aliphatic heterocycles. The van der Waals surface area contributed by atoms with Gasteiger partial charge in [-0.3, -0.25) is 9.88 Å². The van der Waals surface area contributed by atoms with E-state index in [1.807, 2.05) is 29.7 Å². The highest BCUT2D eigenvalue weighted by molar-refractivity contribution is 7.20. The Morgan fingerprint density at radius 3 is 2.71 bits per heavy atom. The summed E-state index contributed by atoms with van der Waals surface area (Å²) in [5, 5.41) is 9.95. The zero-order valence-corrected chi connectivity index (χ0v) is 23.9. The quantitative estimate of drug-likeness (QED) is 0.285. The molecule has 6 heterocycles. The van der Waals surface area contributed by atoms with Crippen LogP contribution in [-0.2, 0) is 23.6 Å². The van der Waals surface area contributed by atoms with E-state index in [1.54, 1.807) is 12.3 Å². The molecule has 0 saturated carbocycles. The molecule has 2 atom stereocenters. The third-order valence-electron chi connectivity index (χ3n) is 8.19. The van der Waals surface area contributed by atoms with Crippen molar-refractivity contribution in [3.8, 4) is 11.5 Å². The van der Waals surface area contributed by atoms with E-state index in [-0.39, 0.29) is 22.4 Å². The lowest BCUT2D eigenvalue weighted by Crippen LogP contribution is -2.35.